The lowest BCUT2D eigenvalue weighted by Gasteiger charge is -2.23. The summed E-state index contributed by atoms with van der Waals surface area (Å²) < 4.78 is 7.66. The Labute approximate surface area is 196 Å². The lowest BCUT2D eigenvalue weighted by Crippen LogP contribution is -2.39. The van der Waals surface area contributed by atoms with E-state index in [1.165, 1.54) is 0 Å². The fourth-order valence-electron chi connectivity index (χ4n) is 4.23. The molecule has 3 aromatic carbocycles. The molecule has 4 aromatic rings. The zero-order chi connectivity index (χ0) is 22.9. The van der Waals surface area contributed by atoms with E-state index >= 15 is 0 Å². The van der Waals surface area contributed by atoms with Crippen LogP contribution in [0.3, 0.4) is 0 Å². The number of nitrogens with zero attached hydrogens (tertiary/aromatic N) is 2. The maximum atomic E-state index is 12.3. The number of nitrogens with one attached hydrogen (secondary N) is 1. The number of fused-ring (bicyclic) bond motifs is 1. The first kappa shape index (κ1) is 21.2. The fraction of sp³-hybridized carbons (Fsp3) is 0.192. The van der Waals surface area contributed by atoms with Gasteiger partial charge in [-0.3, -0.25) is 19.6 Å². The first-order valence-electron chi connectivity index (χ1n) is 10.7. The maximum absolute atomic E-state index is 12.3. The van der Waals surface area contributed by atoms with Gasteiger partial charge in [0.15, 0.2) is 0 Å². The Hall–Kier alpha value is -3.64. The van der Waals surface area contributed by atoms with Gasteiger partial charge in [0.25, 0.3) is 0 Å². The molecule has 5 rings (SSSR count). The molecule has 0 saturated carbocycles. The quantitative estimate of drug-likeness (QED) is 0.426. The summed E-state index contributed by atoms with van der Waals surface area (Å²) in [7, 11) is 1.88. The summed E-state index contributed by atoms with van der Waals surface area (Å²) in [6.07, 6.45) is 4.51. The molecule has 1 aliphatic heterocycles. The van der Waals surface area contributed by atoms with Crippen LogP contribution in [-0.4, -0.2) is 21.6 Å². The number of hydrogen-bond acceptors (Lipinski definition) is 4. The number of rotatable bonds is 5. The lowest BCUT2D eigenvalue weighted by atomic mass is 9.88. The monoisotopic (exact) mass is 459 g/mol. The summed E-state index contributed by atoms with van der Waals surface area (Å²) in [4.78, 5) is 23.9. The van der Waals surface area contributed by atoms with Crippen molar-refractivity contribution < 1.29 is 14.3 Å². The number of amides is 2. The van der Waals surface area contributed by atoms with E-state index in [-0.39, 0.29) is 11.8 Å². The number of carbonyl (C=O) groups excluding carboxylic acids is 2. The van der Waals surface area contributed by atoms with Gasteiger partial charge in [0.2, 0.25) is 11.8 Å². The van der Waals surface area contributed by atoms with Crippen LogP contribution >= 0.6 is 11.6 Å². The molecule has 1 saturated heterocycles. The zero-order valence-corrected chi connectivity index (χ0v) is 18.8. The molecular formula is C26H22ClN3O3. The molecule has 33 heavy (non-hydrogen) atoms. The number of hydrogen-bond donors (Lipinski definition) is 1. The molecule has 0 bridgehead atoms. The molecule has 1 N–H and O–H groups in total. The van der Waals surface area contributed by atoms with Crippen molar-refractivity contribution in [3.8, 4) is 16.9 Å². The Kier molecular flexibility index (Phi) is 5.60. The molecule has 1 fully saturated rings. The van der Waals surface area contributed by atoms with E-state index < -0.39 is 5.92 Å². The molecule has 1 atom stereocenters. The van der Waals surface area contributed by atoms with Crippen molar-refractivity contribution in [2.24, 2.45) is 7.05 Å². The van der Waals surface area contributed by atoms with Gasteiger partial charge in [-0.2, -0.15) is 5.10 Å². The third-order valence-corrected chi connectivity index (χ3v) is 6.35. The van der Waals surface area contributed by atoms with Crippen LogP contribution in [0, 0.1) is 0 Å². The first-order valence-corrected chi connectivity index (χ1v) is 11.1. The molecule has 6 nitrogen and oxygen atoms in total. The van der Waals surface area contributed by atoms with Crippen LogP contribution in [-0.2, 0) is 23.2 Å². The minimum atomic E-state index is -0.421. The van der Waals surface area contributed by atoms with Crippen molar-refractivity contribution in [1.82, 2.24) is 15.1 Å². The average molecular weight is 460 g/mol. The van der Waals surface area contributed by atoms with Gasteiger partial charge >= 0.3 is 0 Å². The second kappa shape index (κ2) is 8.71. The number of benzene rings is 3. The van der Waals surface area contributed by atoms with Gasteiger partial charge < -0.3 is 4.74 Å². The number of imide groups is 1. The van der Waals surface area contributed by atoms with Crippen LogP contribution in [0.5, 0.6) is 5.75 Å². The molecule has 0 radical (unpaired) electrons. The first-order chi connectivity index (χ1) is 16.0. The van der Waals surface area contributed by atoms with Crippen molar-refractivity contribution in [3.05, 3.63) is 83.1 Å². The van der Waals surface area contributed by atoms with E-state index in [2.05, 4.69) is 16.5 Å². The molecule has 1 aromatic heterocycles. The molecular weight excluding hydrogens is 438 g/mol. The predicted molar refractivity (Wildman–Crippen MR) is 127 cm³/mol. The molecule has 0 aliphatic carbocycles. The van der Waals surface area contributed by atoms with E-state index in [4.69, 9.17) is 16.3 Å². The van der Waals surface area contributed by atoms with E-state index in [1.54, 1.807) is 10.9 Å². The van der Waals surface area contributed by atoms with Crippen LogP contribution in [0.2, 0.25) is 5.02 Å². The molecule has 1 aliphatic rings. The number of carbonyl (C=O) groups is 2. The standard InChI is InChI=1S/C26H22ClN3O3/c1-30-14-16(13-28-30)15-33-20-8-7-17-11-19(6-5-18(17)12-20)21-3-2-4-22(25(21)27)23-9-10-24(31)29-26(23)32/h2-8,11-14,23H,9-10,15H2,1H3,(H,29,31,32). The Morgan fingerprint density at radius 3 is 2.73 bits per heavy atom. The lowest BCUT2D eigenvalue weighted by molar-refractivity contribution is -0.134. The predicted octanol–water partition coefficient (Wildman–Crippen LogP) is 4.99. The minimum absolute atomic E-state index is 0.234. The van der Waals surface area contributed by atoms with Crippen LogP contribution in [0.25, 0.3) is 21.9 Å². The number of ether oxygens (including phenoxy) is 1. The number of piperidine rings is 1. The van der Waals surface area contributed by atoms with Crippen molar-refractivity contribution in [1.29, 1.82) is 0 Å². The highest BCUT2D eigenvalue weighted by Crippen LogP contribution is 2.38. The maximum Gasteiger partial charge on any atom is 0.234 e. The van der Waals surface area contributed by atoms with Gasteiger partial charge in [0.05, 0.1) is 17.1 Å². The highest BCUT2D eigenvalue weighted by atomic mass is 35.5. The highest BCUT2D eigenvalue weighted by molar-refractivity contribution is 6.34. The Bertz CT molecular complexity index is 1380. The average Bonchev–Trinajstić information content (AvgIpc) is 3.23. The normalized spacial score (nSPS) is 16.1. The number of aryl methyl sites for hydroxylation is 1. The van der Waals surface area contributed by atoms with Crippen molar-refractivity contribution in [2.45, 2.75) is 25.4 Å². The number of aromatic nitrogens is 2. The van der Waals surface area contributed by atoms with E-state index in [0.717, 1.165) is 38.8 Å². The summed E-state index contributed by atoms with van der Waals surface area (Å²) in [5.74, 6) is -0.156. The smallest absolute Gasteiger partial charge is 0.234 e. The van der Waals surface area contributed by atoms with Crippen LogP contribution in [0.15, 0.2) is 67.0 Å². The molecule has 1 unspecified atom stereocenters. The van der Waals surface area contributed by atoms with Gasteiger partial charge in [-0.05, 0) is 46.5 Å². The summed E-state index contributed by atoms with van der Waals surface area (Å²) in [6, 6.07) is 17.8. The Balaban J connectivity index is 1.41. The fourth-order valence-corrected chi connectivity index (χ4v) is 4.59. The Morgan fingerprint density at radius 1 is 1.12 bits per heavy atom. The van der Waals surface area contributed by atoms with E-state index in [0.29, 0.717) is 24.5 Å². The summed E-state index contributed by atoms with van der Waals surface area (Å²) >= 11 is 6.76. The second-order valence-corrected chi connectivity index (χ2v) is 8.63. The summed E-state index contributed by atoms with van der Waals surface area (Å²) in [6.45, 7) is 0.459. The molecule has 7 heteroatoms. The third kappa shape index (κ3) is 4.34. The van der Waals surface area contributed by atoms with Gasteiger partial charge in [-0.1, -0.05) is 48.0 Å². The van der Waals surface area contributed by atoms with Gasteiger partial charge in [-0.15, -0.1) is 0 Å². The SMILES string of the molecule is Cn1cc(COc2ccc3cc(-c4cccc(C5CCC(=O)NC5=O)c4Cl)ccc3c2)cn1. The zero-order valence-electron chi connectivity index (χ0n) is 18.0. The van der Waals surface area contributed by atoms with Gasteiger partial charge in [0.1, 0.15) is 12.4 Å². The van der Waals surface area contributed by atoms with Crippen LogP contribution < -0.4 is 10.1 Å². The van der Waals surface area contributed by atoms with E-state index in [9.17, 15) is 9.59 Å². The van der Waals surface area contributed by atoms with Crippen molar-refractivity contribution in [2.75, 3.05) is 0 Å². The van der Waals surface area contributed by atoms with Crippen LogP contribution in [0.1, 0.15) is 29.9 Å². The second-order valence-electron chi connectivity index (χ2n) is 8.25. The summed E-state index contributed by atoms with van der Waals surface area (Å²) in [5.41, 5.74) is 3.58. The molecule has 166 valence electrons. The summed E-state index contributed by atoms with van der Waals surface area (Å²) in [5, 5.41) is 9.23. The largest absolute Gasteiger partial charge is 0.489 e. The minimum Gasteiger partial charge on any atom is -0.489 e. The number of halogens is 1. The van der Waals surface area contributed by atoms with Crippen molar-refractivity contribution in [3.63, 3.8) is 0 Å². The van der Waals surface area contributed by atoms with Gasteiger partial charge in [0, 0.05) is 30.8 Å². The Morgan fingerprint density at radius 2 is 1.94 bits per heavy atom. The third-order valence-electron chi connectivity index (χ3n) is 5.93. The van der Waals surface area contributed by atoms with Crippen molar-refractivity contribution >= 4 is 34.2 Å². The molecule has 0 spiro atoms. The highest BCUT2D eigenvalue weighted by Gasteiger charge is 2.30. The topological polar surface area (TPSA) is 73.2 Å². The molecule has 2 amide bonds. The molecule has 2 heterocycles. The van der Waals surface area contributed by atoms with Crippen LogP contribution in [0.4, 0.5) is 0 Å². The van der Waals surface area contributed by atoms with E-state index in [1.807, 2.05) is 61.8 Å². The van der Waals surface area contributed by atoms with Gasteiger partial charge in [-0.25, -0.2) is 0 Å².